The highest BCUT2D eigenvalue weighted by Crippen LogP contribution is 2.27. The molecule has 1 aliphatic heterocycles. The second kappa shape index (κ2) is 5.49. The Morgan fingerprint density at radius 3 is 2.39 bits per heavy atom. The number of carbonyl (C=O) groups is 2. The van der Waals surface area contributed by atoms with Crippen LogP contribution in [0.1, 0.15) is 20.3 Å². The molecule has 0 spiro atoms. The van der Waals surface area contributed by atoms with Crippen LogP contribution in [0.3, 0.4) is 0 Å². The zero-order valence-electron chi connectivity index (χ0n) is 10.7. The summed E-state index contributed by atoms with van der Waals surface area (Å²) in [5, 5.41) is 2.37. The van der Waals surface area contributed by atoms with E-state index in [1.807, 2.05) is 0 Å². The first-order chi connectivity index (χ1) is 8.26. The fraction of sp³-hybridized carbons (Fsp3) is 0.818. The van der Waals surface area contributed by atoms with Crippen LogP contribution in [0.5, 0.6) is 0 Å². The summed E-state index contributed by atoms with van der Waals surface area (Å²) in [6.07, 6.45) is -1.07. The second-order valence-electron chi connectivity index (χ2n) is 4.72. The SMILES string of the molecule is COC(=O)N[C@H](C(=O)N1CCC(F)(F)C1)C(C)C. The third kappa shape index (κ3) is 3.54. The van der Waals surface area contributed by atoms with Gasteiger partial charge in [0.15, 0.2) is 0 Å². The van der Waals surface area contributed by atoms with E-state index < -0.39 is 30.5 Å². The molecule has 104 valence electrons. The first kappa shape index (κ1) is 14.7. The van der Waals surface area contributed by atoms with Crippen molar-refractivity contribution in [1.29, 1.82) is 0 Å². The first-order valence-corrected chi connectivity index (χ1v) is 5.78. The van der Waals surface area contributed by atoms with E-state index in [1.165, 1.54) is 7.11 Å². The Balaban J connectivity index is 2.69. The van der Waals surface area contributed by atoms with Crippen molar-refractivity contribution >= 4 is 12.0 Å². The van der Waals surface area contributed by atoms with E-state index in [4.69, 9.17) is 0 Å². The third-order valence-corrected chi connectivity index (χ3v) is 2.87. The van der Waals surface area contributed by atoms with Crippen LogP contribution in [0.2, 0.25) is 0 Å². The number of likely N-dealkylation sites (tertiary alicyclic amines) is 1. The van der Waals surface area contributed by atoms with E-state index in [0.29, 0.717) is 0 Å². The van der Waals surface area contributed by atoms with Gasteiger partial charge in [-0.2, -0.15) is 0 Å². The smallest absolute Gasteiger partial charge is 0.407 e. The van der Waals surface area contributed by atoms with Gasteiger partial charge in [0, 0.05) is 13.0 Å². The number of amides is 2. The number of carbonyl (C=O) groups excluding carboxylic acids is 2. The van der Waals surface area contributed by atoms with Gasteiger partial charge in [0.1, 0.15) is 6.04 Å². The Hall–Kier alpha value is -1.40. The number of alkyl carbamates (subject to hydrolysis) is 1. The number of halogens is 2. The van der Waals surface area contributed by atoms with E-state index >= 15 is 0 Å². The average molecular weight is 264 g/mol. The number of nitrogens with zero attached hydrogens (tertiary/aromatic N) is 1. The van der Waals surface area contributed by atoms with Crippen LogP contribution >= 0.6 is 0 Å². The Kier molecular flexibility index (Phi) is 4.48. The molecule has 1 heterocycles. The van der Waals surface area contributed by atoms with Gasteiger partial charge in [-0.05, 0) is 5.92 Å². The number of alkyl halides is 2. The van der Waals surface area contributed by atoms with Crippen molar-refractivity contribution in [3.8, 4) is 0 Å². The average Bonchev–Trinajstić information content (AvgIpc) is 2.64. The van der Waals surface area contributed by atoms with Gasteiger partial charge in [-0.1, -0.05) is 13.8 Å². The van der Waals surface area contributed by atoms with Crippen molar-refractivity contribution in [1.82, 2.24) is 10.2 Å². The second-order valence-corrected chi connectivity index (χ2v) is 4.72. The summed E-state index contributed by atoms with van der Waals surface area (Å²) >= 11 is 0. The molecular formula is C11H18F2N2O3. The molecule has 1 aliphatic rings. The molecule has 0 aromatic carbocycles. The van der Waals surface area contributed by atoms with Crippen molar-refractivity contribution in [3.63, 3.8) is 0 Å². The highest BCUT2D eigenvalue weighted by molar-refractivity contribution is 5.86. The van der Waals surface area contributed by atoms with Crippen LogP contribution in [0.4, 0.5) is 13.6 Å². The quantitative estimate of drug-likeness (QED) is 0.834. The normalized spacial score (nSPS) is 19.8. The molecule has 1 saturated heterocycles. The first-order valence-electron chi connectivity index (χ1n) is 5.78. The zero-order valence-corrected chi connectivity index (χ0v) is 10.7. The minimum atomic E-state index is -2.83. The molecule has 0 aromatic heterocycles. The number of rotatable bonds is 3. The summed E-state index contributed by atoms with van der Waals surface area (Å²) in [4.78, 5) is 24.3. The molecule has 2 amide bonds. The number of hydrogen-bond donors (Lipinski definition) is 1. The van der Waals surface area contributed by atoms with Crippen molar-refractivity contribution in [2.24, 2.45) is 5.92 Å². The van der Waals surface area contributed by atoms with Gasteiger partial charge < -0.3 is 15.0 Å². The van der Waals surface area contributed by atoms with Gasteiger partial charge in [0.2, 0.25) is 5.91 Å². The molecule has 0 saturated carbocycles. The molecule has 0 radical (unpaired) electrons. The predicted octanol–water partition coefficient (Wildman–Crippen LogP) is 1.23. The van der Waals surface area contributed by atoms with Gasteiger partial charge in [-0.3, -0.25) is 4.79 Å². The zero-order chi connectivity index (χ0) is 13.9. The standard InChI is InChI=1S/C11H18F2N2O3/c1-7(2)8(14-10(17)18-3)9(16)15-5-4-11(12,13)6-15/h7-8H,4-6H2,1-3H3,(H,14,17)/t8-/m0/s1. The van der Waals surface area contributed by atoms with Crippen molar-refractivity contribution < 1.29 is 23.1 Å². The number of ether oxygens (including phenoxy) is 1. The molecule has 0 aromatic rings. The summed E-state index contributed by atoms with van der Waals surface area (Å²) in [6, 6.07) is -0.841. The molecule has 1 N–H and O–H groups in total. The van der Waals surface area contributed by atoms with Crippen LogP contribution in [0.15, 0.2) is 0 Å². The maximum absolute atomic E-state index is 13.0. The number of nitrogens with one attached hydrogen (secondary N) is 1. The maximum atomic E-state index is 13.0. The Labute approximate surface area is 104 Å². The van der Waals surface area contributed by atoms with E-state index in [-0.39, 0.29) is 18.9 Å². The molecule has 7 heteroatoms. The molecule has 0 unspecified atom stereocenters. The Morgan fingerprint density at radius 1 is 1.39 bits per heavy atom. The molecule has 0 aliphatic carbocycles. The maximum Gasteiger partial charge on any atom is 0.407 e. The van der Waals surface area contributed by atoms with Gasteiger partial charge in [-0.15, -0.1) is 0 Å². The van der Waals surface area contributed by atoms with Crippen LogP contribution in [0.25, 0.3) is 0 Å². The van der Waals surface area contributed by atoms with Crippen LogP contribution < -0.4 is 5.32 Å². The third-order valence-electron chi connectivity index (χ3n) is 2.87. The lowest BCUT2D eigenvalue weighted by Crippen LogP contribution is -2.51. The molecule has 0 bridgehead atoms. The van der Waals surface area contributed by atoms with Crippen LogP contribution in [0, 0.1) is 5.92 Å². The van der Waals surface area contributed by atoms with Gasteiger partial charge in [-0.25, -0.2) is 13.6 Å². The minimum Gasteiger partial charge on any atom is -0.453 e. The lowest BCUT2D eigenvalue weighted by molar-refractivity contribution is -0.134. The summed E-state index contributed by atoms with van der Waals surface area (Å²) < 4.78 is 30.5. The summed E-state index contributed by atoms with van der Waals surface area (Å²) in [7, 11) is 1.18. The van der Waals surface area contributed by atoms with Crippen LogP contribution in [-0.2, 0) is 9.53 Å². The Morgan fingerprint density at radius 2 is 2.00 bits per heavy atom. The van der Waals surface area contributed by atoms with E-state index in [2.05, 4.69) is 10.1 Å². The number of hydrogen-bond acceptors (Lipinski definition) is 3. The summed E-state index contributed by atoms with van der Waals surface area (Å²) in [6.45, 7) is 2.88. The molecule has 1 rings (SSSR count). The topological polar surface area (TPSA) is 58.6 Å². The van der Waals surface area contributed by atoms with E-state index in [1.54, 1.807) is 13.8 Å². The lowest BCUT2D eigenvalue weighted by Gasteiger charge is -2.26. The summed E-state index contributed by atoms with van der Waals surface area (Å²) in [5.41, 5.74) is 0. The lowest BCUT2D eigenvalue weighted by atomic mass is 10.0. The van der Waals surface area contributed by atoms with Crippen molar-refractivity contribution in [2.75, 3.05) is 20.2 Å². The largest absolute Gasteiger partial charge is 0.453 e. The van der Waals surface area contributed by atoms with Gasteiger partial charge in [0.05, 0.1) is 13.7 Å². The van der Waals surface area contributed by atoms with Crippen molar-refractivity contribution in [3.05, 3.63) is 0 Å². The molecule has 5 nitrogen and oxygen atoms in total. The van der Waals surface area contributed by atoms with Crippen LogP contribution in [-0.4, -0.2) is 49.1 Å². The Bertz CT molecular complexity index is 334. The molecule has 1 atom stereocenters. The molecule has 1 fully saturated rings. The van der Waals surface area contributed by atoms with Gasteiger partial charge >= 0.3 is 6.09 Å². The molecule has 18 heavy (non-hydrogen) atoms. The number of methoxy groups -OCH3 is 1. The highest BCUT2D eigenvalue weighted by Gasteiger charge is 2.42. The van der Waals surface area contributed by atoms with Crippen molar-refractivity contribution in [2.45, 2.75) is 32.2 Å². The minimum absolute atomic E-state index is 0.0118. The molecular weight excluding hydrogens is 246 g/mol. The predicted molar refractivity (Wildman–Crippen MR) is 60.3 cm³/mol. The fourth-order valence-electron chi connectivity index (χ4n) is 1.82. The van der Waals surface area contributed by atoms with Gasteiger partial charge in [0.25, 0.3) is 5.92 Å². The summed E-state index contributed by atoms with van der Waals surface area (Å²) in [5.74, 6) is -3.53. The van der Waals surface area contributed by atoms with E-state index in [9.17, 15) is 18.4 Å². The monoisotopic (exact) mass is 264 g/mol. The van der Waals surface area contributed by atoms with E-state index in [0.717, 1.165) is 4.90 Å². The fourth-order valence-corrected chi connectivity index (χ4v) is 1.82. The highest BCUT2D eigenvalue weighted by atomic mass is 19.3.